The Morgan fingerprint density at radius 1 is 1.28 bits per heavy atom. The number of alkyl halides is 3. The standard InChI is InChI=1S/C20H22F3N3O3/c1-12-16(13(2)29-25-12)11-26-10-9-14(7-8-18(26)27)24-19(28)15-5-3-4-6-17(15)20(21,22)23/h3-6,14H,7-11H2,1-2H3,(H,24,28). The molecule has 9 heteroatoms. The second-order valence-corrected chi connectivity index (χ2v) is 7.16. The Kier molecular flexibility index (Phi) is 5.95. The maximum absolute atomic E-state index is 13.2. The number of carbonyl (C=O) groups is 2. The Morgan fingerprint density at radius 2 is 2.00 bits per heavy atom. The maximum Gasteiger partial charge on any atom is 0.417 e. The zero-order chi connectivity index (χ0) is 21.2. The lowest BCUT2D eigenvalue weighted by molar-refractivity contribution is -0.138. The quantitative estimate of drug-likeness (QED) is 0.837. The van der Waals surface area contributed by atoms with E-state index >= 15 is 0 Å². The van der Waals surface area contributed by atoms with Gasteiger partial charge in [0.05, 0.1) is 23.4 Å². The van der Waals surface area contributed by atoms with Gasteiger partial charge in [0.2, 0.25) is 5.91 Å². The minimum atomic E-state index is -4.61. The van der Waals surface area contributed by atoms with Crippen LogP contribution >= 0.6 is 0 Å². The molecule has 3 rings (SSSR count). The number of likely N-dealkylation sites (tertiary alicyclic amines) is 1. The van der Waals surface area contributed by atoms with Gasteiger partial charge < -0.3 is 14.7 Å². The van der Waals surface area contributed by atoms with Crippen molar-refractivity contribution in [2.45, 2.75) is 51.9 Å². The predicted molar refractivity (Wildman–Crippen MR) is 97.9 cm³/mol. The summed E-state index contributed by atoms with van der Waals surface area (Å²) in [5.74, 6) is -0.208. The van der Waals surface area contributed by atoms with Gasteiger partial charge in [0, 0.05) is 24.6 Å². The van der Waals surface area contributed by atoms with E-state index in [9.17, 15) is 22.8 Å². The number of nitrogens with zero attached hydrogens (tertiary/aromatic N) is 2. The van der Waals surface area contributed by atoms with Crippen LogP contribution in [-0.4, -0.2) is 34.5 Å². The van der Waals surface area contributed by atoms with Gasteiger partial charge in [-0.1, -0.05) is 17.3 Å². The van der Waals surface area contributed by atoms with Gasteiger partial charge in [-0.25, -0.2) is 0 Å². The molecule has 0 saturated carbocycles. The van der Waals surface area contributed by atoms with Crippen molar-refractivity contribution >= 4 is 11.8 Å². The fourth-order valence-corrected chi connectivity index (χ4v) is 3.46. The summed E-state index contributed by atoms with van der Waals surface area (Å²) < 4.78 is 44.6. The first kappa shape index (κ1) is 20.9. The highest BCUT2D eigenvalue weighted by Crippen LogP contribution is 2.32. The van der Waals surface area contributed by atoms with Gasteiger partial charge >= 0.3 is 6.18 Å². The number of benzene rings is 1. The summed E-state index contributed by atoms with van der Waals surface area (Å²) in [5.41, 5.74) is 0.179. The van der Waals surface area contributed by atoms with Gasteiger partial charge in [-0.05, 0) is 38.8 Å². The molecule has 2 amide bonds. The van der Waals surface area contributed by atoms with Crippen LogP contribution in [0.1, 0.15) is 52.2 Å². The molecule has 1 N–H and O–H groups in total. The van der Waals surface area contributed by atoms with Gasteiger partial charge in [-0.15, -0.1) is 0 Å². The molecular weight excluding hydrogens is 387 g/mol. The number of carbonyl (C=O) groups excluding carboxylic acids is 2. The predicted octanol–water partition coefficient (Wildman–Crippen LogP) is 3.62. The van der Waals surface area contributed by atoms with Crippen molar-refractivity contribution in [3.05, 3.63) is 52.4 Å². The molecule has 0 spiro atoms. The van der Waals surface area contributed by atoms with E-state index in [1.807, 2.05) is 0 Å². The normalized spacial score (nSPS) is 17.9. The van der Waals surface area contributed by atoms with Crippen molar-refractivity contribution in [2.75, 3.05) is 6.54 Å². The molecule has 1 aromatic carbocycles. The average molecular weight is 409 g/mol. The van der Waals surface area contributed by atoms with E-state index in [-0.39, 0.29) is 18.4 Å². The third kappa shape index (κ3) is 4.78. The summed E-state index contributed by atoms with van der Waals surface area (Å²) in [7, 11) is 0. The summed E-state index contributed by atoms with van der Waals surface area (Å²) >= 11 is 0. The number of rotatable bonds is 4. The lowest BCUT2D eigenvalue weighted by Gasteiger charge is -2.21. The Labute approximate surface area is 166 Å². The number of hydrogen-bond acceptors (Lipinski definition) is 4. The molecular formula is C20H22F3N3O3. The highest BCUT2D eigenvalue weighted by atomic mass is 19.4. The van der Waals surface area contributed by atoms with Crippen LogP contribution in [0, 0.1) is 13.8 Å². The van der Waals surface area contributed by atoms with E-state index in [4.69, 9.17) is 4.52 Å². The summed E-state index contributed by atoms with van der Waals surface area (Å²) in [4.78, 5) is 26.6. The van der Waals surface area contributed by atoms with Crippen LogP contribution in [0.4, 0.5) is 13.2 Å². The Hall–Kier alpha value is -2.84. The molecule has 2 heterocycles. The van der Waals surface area contributed by atoms with E-state index in [1.54, 1.807) is 18.7 Å². The van der Waals surface area contributed by atoms with Crippen LogP contribution in [0.15, 0.2) is 28.8 Å². The lowest BCUT2D eigenvalue weighted by Crippen LogP contribution is -2.36. The molecule has 1 aliphatic heterocycles. The van der Waals surface area contributed by atoms with Gasteiger partial charge in [0.15, 0.2) is 0 Å². The van der Waals surface area contributed by atoms with E-state index in [0.717, 1.165) is 17.7 Å². The number of nitrogens with one attached hydrogen (secondary N) is 1. The molecule has 1 fully saturated rings. The largest absolute Gasteiger partial charge is 0.417 e. The van der Waals surface area contributed by atoms with Crippen molar-refractivity contribution < 1.29 is 27.3 Å². The van der Waals surface area contributed by atoms with Crippen LogP contribution in [0.3, 0.4) is 0 Å². The topological polar surface area (TPSA) is 75.4 Å². The zero-order valence-corrected chi connectivity index (χ0v) is 16.2. The third-order valence-electron chi connectivity index (χ3n) is 5.15. The summed E-state index contributed by atoms with van der Waals surface area (Å²) in [5, 5.41) is 6.55. The molecule has 156 valence electrons. The van der Waals surface area contributed by atoms with Crippen molar-refractivity contribution in [3.63, 3.8) is 0 Å². The average Bonchev–Trinajstić information content (AvgIpc) is 2.88. The minimum Gasteiger partial charge on any atom is -0.361 e. The molecule has 0 radical (unpaired) electrons. The number of aromatic nitrogens is 1. The summed E-state index contributed by atoms with van der Waals surface area (Å²) in [6.45, 7) is 4.32. The van der Waals surface area contributed by atoms with Crippen molar-refractivity contribution in [1.82, 2.24) is 15.4 Å². The van der Waals surface area contributed by atoms with Crippen LogP contribution in [-0.2, 0) is 17.5 Å². The van der Waals surface area contributed by atoms with E-state index in [1.165, 1.54) is 12.1 Å². The first-order valence-electron chi connectivity index (χ1n) is 9.33. The van der Waals surface area contributed by atoms with Crippen molar-refractivity contribution in [3.8, 4) is 0 Å². The lowest BCUT2D eigenvalue weighted by atomic mass is 10.0. The first-order valence-corrected chi connectivity index (χ1v) is 9.33. The zero-order valence-electron chi connectivity index (χ0n) is 16.2. The fraction of sp³-hybridized carbons (Fsp3) is 0.450. The van der Waals surface area contributed by atoms with Gasteiger partial charge in [0.1, 0.15) is 5.76 Å². The van der Waals surface area contributed by atoms with Crippen LogP contribution in [0.2, 0.25) is 0 Å². The molecule has 2 aromatic rings. The Morgan fingerprint density at radius 3 is 2.66 bits per heavy atom. The Bertz CT molecular complexity index is 888. The van der Waals surface area contributed by atoms with E-state index < -0.39 is 23.2 Å². The number of aryl methyl sites for hydroxylation is 2. The summed E-state index contributed by atoms with van der Waals surface area (Å²) in [6.07, 6.45) is -3.58. The molecule has 1 atom stereocenters. The van der Waals surface area contributed by atoms with Crippen molar-refractivity contribution in [1.29, 1.82) is 0 Å². The number of hydrogen-bond donors (Lipinski definition) is 1. The van der Waals surface area contributed by atoms with Crippen LogP contribution in [0.5, 0.6) is 0 Å². The van der Waals surface area contributed by atoms with Crippen LogP contribution < -0.4 is 5.32 Å². The minimum absolute atomic E-state index is 0.0718. The third-order valence-corrected chi connectivity index (χ3v) is 5.15. The first-order chi connectivity index (χ1) is 13.7. The molecule has 1 saturated heterocycles. The maximum atomic E-state index is 13.2. The molecule has 0 bridgehead atoms. The molecule has 29 heavy (non-hydrogen) atoms. The van der Waals surface area contributed by atoms with E-state index in [2.05, 4.69) is 10.5 Å². The second kappa shape index (κ2) is 8.26. The highest BCUT2D eigenvalue weighted by molar-refractivity contribution is 5.96. The van der Waals surface area contributed by atoms with Gasteiger partial charge in [-0.2, -0.15) is 13.2 Å². The fourth-order valence-electron chi connectivity index (χ4n) is 3.46. The molecule has 0 aliphatic carbocycles. The monoisotopic (exact) mass is 409 g/mol. The summed E-state index contributed by atoms with van der Waals surface area (Å²) in [6, 6.07) is 4.30. The number of amides is 2. The smallest absolute Gasteiger partial charge is 0.361 e. The van der Waals surface area contributed by atoms with Gasteiger partial charge in [-0.3, -0.25) is 9.59 Å². The molecule has 1 aromatic heterocycles. The molecule has 1 unspecified atom stereocenters. The van der Waals surface area contributed by atoms with Gasteiger partial charge in [0.25, 0.3) is 5.91 Å². The molecule has 6 nitrogen and oxygen atoms in total. The van der Waals surface area contributed by atoms with Crippen LogP contribution in [0.25, 0.3) is 0 Å². The SMILES string of the molecule is Cc1noc(C)c1CN1CCC(NC(=O)c2ccccc2C(F)(F)F)CCC1=O. The highest BCUT2D eigenvalue weighted by Gasteiger charge is 2.35. The van der Waals surface area contributed by atoms with E-state index in [0.29, 0.717) is 37.4 Å². The Balaban J connectivity index is 1.67. The van der Waals surface area contributed by atoms with Crippen molar-refractivity contribution in [2.24, 2.45) is 0 Å². The number of halogens is 3. The molecule has 1 aliphatic rings. The second-order valence-electron chi connectivity index (χ2n) is 7.16.